The summed E-state index contributed by atoms with van der Waals surface area (Å²) in [6.45, 7) is 4.67. The molecule has 0 bridgehead atoms. The zero-order valence-corrected chi connectivity index (χ0v) is 19.7. The second-order valence-corrected chi connectivity index (χ2v) is 9.80. The Hall–Kier alpha value is -2.01. The Bertz CT molecular complexity index is 929. The fourth-order valence-electron chi connectivity index (χ4n) is 5.45. The highest BCUT2D eigenvalue weighted by Gasteiger charge is 2.27. The van der Waals surface area contributed by atoms with Gasteiger partial charge >= 0.3 is 0 Å². The van der Waals surface area contributed by atoms with Crippen molar-refractivity contribution >= 4 is 0 Å². The molecule has 2 aliphatic carbocycles. The van der Waals surface area contributed by atoms with Crippen molar-refractivity contribution in [2.45, 2.75) is 89.8 Å². The van der Waals surface area contributed by atoms with Crippen molar-refractivity contribution in [2.24, 2.45) is 5.92 Å². The van der Waals surface area contributed by atoms with Crippen LogP contribution < -0.4 is 4.74 Å². The quantitative estimate of drug-likeness (QED) is 0.416. The lowest BCUT2D eigenvalue weighted by atomic mass is 9.79. The van der Waals surface area contributed by atoms with E-state index in [2.05, 4.69) is 6.92 Å². The van der Waals surface area contributed by atoms with Crippen LogP contribution in [-0.2, 0) is 11.3 Å². The highest BCUT2D eigenvalue weighted by molar-refractivity contribution is 5.32. The molecule has 2 saturated carbocycles. The Labute approximate surface area is 195 Å². The second-order valence-electron chi connectivity index (χ2n) is 9.80. The summed E-state index contributed by atoms with van der Waals surface area (Å²) in [5.74, 6) is -0.218. The molecule has 0 atom stereocenters. The zero-order valence-electron chi connectivity index (χ0n) is 19.7. The average molecular weight is 461 g/mol. The van der Waals surface area contributed by atoms with Crippen LogP contribution in [0.4, 0.5) is 13.2 Å². The van der Waals surface area contributed by atoms with Crippen LogP contribution in [0.2, 0.25) is 0 Å². The number of hydrogen-bond donors (Lipinski definition) is 0. The Kier molecular flexibility index (Phi) is 8.00. The molecule has 33 heavy (non-hydrogen) atoms. The molecule has 2 aromatic carbocycles. The fourth-order valence-corrected chi connectivity index (χ4v) is 5.45. The van der Waals surface area contributed by atoms with E-state index in [9.17, 15) is 13.2 Å². The molecule has 0 heterocycles. The number of halogens is 3. The molecule has 2 aromatic rings. The standard InChI is InChI=1S/C28H35F3O2/c1-3-32-23-13-15-24(26(29)16-23)19-8-11-22(12-9-19)33-17-21-10-14-25(28(31)27(21)30)20-6-4-18(2)5-7-20/h10,13-16,18-20,22H,3-9,11-12,17H2,1-2H3. The maximum absolute atomic E-state index is 14.8. The van der Waals surface area contributed by atoms with Gasteiger partial charge in [-0.05, 0) is 80.4 Å². The largest absolute Gasteiger partial charge is 0.494 e. The third kappa shape index (κ3) is 5.74. The Balaban J connectivity index is 1.30. The topological polar surface area (TPSA) is 18.5 Å². The molecular weight excluding hydrogens is 425 g/mol. The average Bonchev–Trinajstić information content (AvgIpc) is 2.82. The lowest BCUT2D eigenvalue weighted by molar-refractivity contribution is 0.0116. The first kappa shape index (κ1) is 24.1. The summed E-state index contributed by atoms with van der Waals surface area (Å²) < 4.78 is 55.4. The minimum absolute atomic E-state index is 0.0195. The van der Waals surface area contributed by atoms with Crippen molar-refractivity contribution < 1.29 is 22.6 Å². The van der Waals surface area contributed by atoms with E-state index < -0.39 is 11.6 Å². The predicted octanol–water partition coefficient (Wildman–Crippen LogP) is 8.04. The van der Waals surface area contributed by atoms with E-state index in [0.29, 0.717) is 23.8 Å². The van der Waals surface area contributed by atoms with Crippen LogP contribution in [0.15, 0.2) is 30.3 Å². The Morgan fingerprint density at radius 2 is 1.42 bits per heavy atom. The van der Waals surface area contributed by atoms with Gasteiger partial charge in [-0.2, -0.15) is 0 Å². The van der Waals surface area contributed by atoms with Crippen molar-refractivity contribution in [2.75, 3.05) is 6.61 Å². The third-order valence-electron chi connectivity index (χ3n) is 7.52. The van der Waals surface area contributed by atoms with Crippen molar-refractivity contribution in [3.63, 3.8) is 0 Å². The molecule has 180 valence electrons. The van der Waals surface area contributed by atoms with E-state index in [0.717, 1.165) is 56.9 Å². The molecule has 4 rings (SSSR count). The van der Waals surface area contributed by atoms with E-state index in [1.165, 1.54) is 6.07 Å². The van der Waals surface area contributed by atoms with Crippen LogP contribution in [0, 0.1) is 23.4 Å². The maximum Gasteiger partial charge on any atom is 0.164 e. The van der Waals surface area contributed by atoms with Crippen molar-refractivity contribution in [3.05, 3.63) is 64.5 Å². The summed E-state index contributed by atoms with van der Waals surface area (Å²) in [5, 5.41) is 0. The minimum atomic E-state index is -0.767. The smallest absolute Gasteiger partial charge is 0.164 e. The summed E-state index contributed by atoms with van der Waals surface area (Å²) in [7, 11) is 0. The first-order chi connectivity index (χ1) is 16.0. The van der Waals surface area contributed by atoms with E-state index in [4.69, 9.17) is 9.47 Å². The highest BCUT2D eigenvalue weighted by Crippen LogP contribution is 2.39. The Morgan fingerprint density at radius 3 is 2.09 bits per heavy atom. The summed E-state index contributed by atoms with van der Waals surface area (Å²) in [4.78, 5) is 0. The number of hydrogen-bond acceptors (Lipinski definition) is 2. The summed E-state index contributed by atoms with van der Waals surface area (Å²) in [6, 6.07) is 8.53. The first-order valence-corrected chi connectivity index (χ1v) is 12.5. The van der Waals surface area contributed by atoms with Gasteiger partial charge < -0.3 is 9.47 Å². The van der Waals surface area contributed by atoms with Crippen molar-refractivity contribution in [1.29, 1.82) is 0 Å². The van der Waals surface area contributed by atoms with Crippen LogP contribution in [0.3, 0.4) is 0 Å². The van der Waals surface area contributed by atoms with E-state index in [1.807, 2.05) is 19.1 Å². The molecular formula is C28H35F3O2. The van der Waals surface area contributed by atoms with E-state index >= 15 is 0 Å². The van der Waals surface area contributed by atoms with Crippen molar-refractivity contribution in [1.82, 2.24) is 0 Å². The van der Waals surface area contributed by atoms with Gasteiger partial charge in [0.1, 0.15) is 11.6 Å². The molecule has 0 radical (unpaired) electrons. The summed E-state index contributed by atoms with van der Waals surface area (Å²) in [6.07, 6.45) is 7.14. The van der Waals surface area contributed by atoms with Gasteiger partial charge in [0.15, 0.2) is 11.6 Å². The van der Waals surface area contributed by atoms with Crippen LogP contribution in [0.1, 0.15) is 93.7 Å². The lowest BCUT2D eigenvalue weighted by Gasteiger charge is -2.29. The Morgan fingerprint density at radius 1 is 0.788 bits per heavy atom. The molecule has 0 saturated heterocycles. The molecule has 0 amide bonds. The monoisotopic (exact) mass is 460 g/mol. The van der Waals surface area contributed by atoms with Gasteiger partial charge in [0.25, 0.3) is 0 Å². The second kappa shape index (κ2) is 10.9. The molecule has 0 spiro atoms. The van der Waals surface area contributed by atoms with Crippen LogP contribution >= 0.6 is 0 Å². The SMILES string of the molecule is CCOc1ccc(C2CCC(OCc3ccc(C4CCC(C)CC4)c(F)c3F)CC2)c(F)c1. The van der Waals surface area contributed by atoms with Gasteiger partial charge in [0.2, 0.25) is 0 Å². The number of rotatable bonds is 7. The minimum Gasteiger partial charge on any atom is -0.494 e. The van der Waals surface area contributed by atoms with Crippen LogP contribution in [0.5, 0.6) is 5.75 Å². The summed E-state index contributed by atoms with van der Waals surface area (Å²) >= 11 is 0. The fraction of sp³-hybridized carbons (Fsp3) is 0.571. The van der Waals surface area contributed by atoms with Gasteiger partial charge in [-0.1, -0.05) is 38.0 Å². The van der Waals surface area contributed by atoms with Crippen LogP contribution in [-0.4, -0.2) is 12.7 Å². The third-order valence-corrected chi connectivity index (χ3v) is 7.52. The normalized spacial score (nSPS) is 25.7. The molecule has 0 aromatic heterocycles. The molecule has 0 unspecified atom stereocenters. The van der Waals surface area contributed by atoms with Crippen molar-refractivity contribution in [3.8, 4) is 5.75 Å². The lowest BCUT2D eigenvalue weighted by Crippen LogP contribution is -2.21. The predicted molar refractivity (Wildman–Crippen MR) is 124 cm³/mol. The number of benzene rings is 2. The molecule has 0 N–H and O–H groups in total. The maximum atomic E-state index is 14.8. The molecule has 2 aliphatic rings. The van der Waals surface area contributed by atoms with Gasteiger partial charge in [-0.3, -0.25) is 0 Å². The van der Waals surface area contributed by atoms with Gasteiger partial charge in [-0.25, -0.2) is 13.2 Å². The number of ether oxygens (including phenoxy) is 2. The van der Waals surface area contributed by atoms with Crippen LogP contribution in [0.25, 0.3) is 0 Å². The van der Waals surface area contributed by atoms with Gasteiger partial charge in [0.05, 0.1) is 19.3 Å². The zero-order chi connectivity index (χ0) is 23.4. The highest BCUT2D eigenvalue weighted by atomic mass is 19.2. The molecule has 5 heteroatoms. The molecule has 2 fully saturated rings. The summed E-state index contributed by atoms with van der Waals surface area (Å²) in [5.41, 5.74) is 1.51. The first-order valence-electron chi connectivity index (χ1n) is 12.5. The molecule has 0 aliphatic heterocycles. The van der Waals surface area contributed by atoms with E-state index in [1.54, 1.807) is 12.1 Å². The van der Waals surface area contributed by atoms with E-state index in [-0.39, 0.29) is 35.9 Å². The van der Waals surface area contributed by atoms with Gasteiger partial charge in [-0.15, -0.1) is 0 Å². The van der Waals surface area contributed by atoms with Gasteiger partial charge in [0, 0.05) is 11.6 Å². The molecule has 2 nitrogen and oxygen atoms in total.